The summed E-state index contributed by atoms with van der Waals surface area (Å²) in [5, 5.41) is 2.92. The zero-order chi connectivity index (χ0) is 29.0. The maximum absolute atomic E-state index is 13.7. The van der Waals surface area contributed by atoms with Crippen LogP contribution in [0.15, 0.2) is 83.8 Å². The predicted octanol–water partition coefficient (Wildman–Crippen LogP) is 3.98. The van der Waals surface area contributed by atoms with E-state index in [4.69, 9.17) is 4.74 Å². The SMILES string of the molecule is CCNS(=O)(=O)c1ccc(CCC(=O)N(Cc2ccc(F)cc2)[C@H](C(=O)NCCCOC)c2ccccc2)cc1. The molecule has 2 N–H and O–H groups in total. The number of halogens is 1. The Hall–Kier alpha value is -3.60. The zero-order valence-corrected chi connectivity index (χ0v) is 23.6. The summed E-state index contributed by atoms with van der Waals surface area (Å²) in [5.74, 6) is -0.984. The Morgan fingerprint density at radius 3 is 2.23 bits per heavy atom. The molecule has 0 saturated carbocycles. The normalized spacial score (nSPS) is 12.1. The minimum atomic E-state index is -3.58. The molecule has 0 radical (unpaired) electrons. The van der Waals surface area contributed by atoms with Gasteiger partial charge in [-0.15, -0.1) is 0 Å². The fraction of sp³-hybridized carbons (Fsp3) is 0.333. The lowest BCUT2D eigenvalue weighted by Crippen LogP contribution is -2.43. The van der Waals surface area contributed by atoms with Crippen LogP contribution in [0.2, 0.25) is 0 Å². The summed E-state index contributed by atoms with van der Waals surface area (Å²) in [7, 11) is -1.99. The molecule has 3 aromatic rings. The molecule has 3 aromatic carbocycles. The van der Waals surface area contributed by atoms with E-state index in [1.54, 1.807) is 50.4 Å². The van der Waals surface area contributed by atoms with E-state index in [2.05, 4.69) is 10.0 Å². The lowest BCUT2D eigenvalue weighted by atomic mass is 10.0. The number of nitrogens with one attached hydrogen (secondary N) is 2. The number of sulfonamides is 1. The maximum atomic E-state index is 13.7. The second-order valence-electron chi connectivity index (χ2n) is 9.24. The van der Waals surface area contributed by atoms with Crippen LogP contribution < -0.4 is 10.0 Å². The molecule has 8 nitrogen and oxygen atoms in total. The first-order chi connectivity index (χ1) is 19.2. The van der Waals surface area contributed by atoms with E-state index in [9.17, 15) is 22.4 Å². The topological polar surface area (TPSA) is 105 Å². The fourth-order valence-electron chi connectivity index (χ4n) is 4.25. The van der Waals surface area contributed by atoms with Crippen LogP contribution in [-0.4, -0.2) is 51.9 Å². The fourth-order valence-corrected chi connectivity index (χ4v) is 5.29. The van der Waals surface area contributed by atoms with E-state index in [-0.39, 0.29) is 36.2 Å². The molecule has 0 saturated heterocycles. The molecule has 0 aliphatic rings. The van der Waals surface area contributed by atoms with Crippen molar-refractivity contribution in [1.82, 2.24) is 14.9 Å². The van der Waals surface area contributed by atoms with E-state index < -0.39 is 21.9 Å². The number of benzene rings is 3. The number of carbonyl (C=O) groups excluding carboxylic acids is 2. The van der Waals surface area contributed by atoms with Gasteiger partial charge in [0.25, 0.3) is 0 Å². The van der Waals surface area contributed by atoms with E-state index in [1.807, 2.05) is 18.2 Å². The van der Waals surface area contributed by atoms with Gasteiger partial charge < -0.3 is 15.0 Å². The van der Waals surface area contributed by atoms with Crippen LogP contribution in [-0.2, 0) is 37.3 Å². The molecular formula is C30H36FN3O5S. The van der Waals surface area contributed by atoms with Crippen LogP contribution in [0.5, 0.6) is 0 Å². The number of nitrogens with zero attached hydrogens (tertiary/aromatic N) is 1. The highest BCUT2D eigenvalue weighted by Gasteiger charge is 2.31. The molecule has 0 heterocycles. The molecule has 214 valence electrons. The Bertz CT molecular complexity index is 1330. The number of hydrogen-bond acceptors (Lipinski definition) is 5. The maximum Gasteiger partial charge on any atom is 0.247 e. The van der Waals surface area contributed by atoms with Crippen molar-refractivity contribution < 1.29 is 27.1 Å². The van der Waals surface area contributed by atoms with Crippen molar-refractivity contribution in [2.75, 3.05) is 26.8 Å². The van der Waals surface area contributed by atoms with Crippen molar-refractivity contribution in [2.24, 2.45) is 0 Å². The molecule has 10 heteroatoms. The van der Waals surface area contributed by atoms with Crippen LogP contribution in [0.25, 0.3) is 0 Å². The van der Waals surface area contributed by atoms with E-state index in [1.165, 1.54) is 29.2 Å². The Balaban J connectivity index is 1.86. The number of aryl methyl sites for hydroxylation is 1. The molecule has 0 bridgehead atoms. The smallest absolute Gasteiger partial charge is 0.247 e. The summed E-state index contributed by atoms with van der Waals surface area (Å²) in [6, 6.07) is 20.4. The Labute approximate surface area is 235 Å². The summed E-state index contributed by atoms with van der Waals surface area (Å²) in [6.07, 6.45) is 1.05. The van der Waals surface area contributed by atoms with Gasteiger partial charge in [0, 0.05) is 39.8 Å². The lowest BCUT2D eigenvalue weighted by Gasteiger charge is -2.32. The summed E-state index contributed by atoms with van der Waals surface area (Å²) in [5.41, 5.74) is 2.12. The summed E-state index contributed by atoms with van der Waals surface area (Å²) in [6.45, 7) is 2.96. The minimum Gasteiger partial charge on any atom is -0.385 e. The van der Waals surface area contributed by atoms with Crippen molar-refractivity contribution in [3.05, 3.63) is 101 Å². The Kier molecular flexibility index (Phi) is 11.8. The molecule has 40 heavy (non-hydrogen) atoms. The first-order valence-corrected chi connectivity index (χ1v) is 14.7. The third-order valence-corrected chi connectivity index (χ3v) is 7.84. The van der Waals surface area contributed by atoms with Crippen molar-refractivity contribution >= 4 is 21.8 Å². The van der Waals surface area contributed by atoms with Gasteiger partial charge in [-0.05, 0) is 53.8 Å². The van der Waals surface area contributed by atoms with E-state index >= 15 is 0 Å². The molecule has 0 fully saturated rings. The number of amides is 2. The highest BCUT2D eigenvalue weighted by Crippen LogP contribution is 2.25. The average Bonchev–Trinajstić information content (AvgIpc) is 2.95. The van der Waals surface area contributed by atoms with Gasteiger partial charge in [-0.2, -0.15) is 0 Å². The second-order valence-corrected chi connectivity index (χ2v) is 11.0. The number of methoxy groups -OCH3 is 1. The number of ether oxygens (including phenoxy) is 1. The van der Waals surface area contributed by atoms with Crippen LogP contribution >= 0.6 is 0 Å². The summed E-state index contributed by atoms with van der Waals surface area (Å²) >= 11 is 0. The minimum absolute atomic E-state index is 0.0841. The molecule has 2 amide bonds. The lowest BCUT2D eigenvalue weighted by molar-refractivity contribution is -0.141. The molecule has 0 aliphatic carbocycles. The molecule has 3 rings (SSSR count). The van der Waals surface area contributed by atoms with Crippen molar-refractivity contribution in [2.45, 2.75) is 43.7 Å². The van der Waals surface area contributed by atoms with Gasteiger partial charge in [0.1, 0.15) is 11.9 Å². The highest BCUT2D eigenvalue weighted by molar-refractivity contribution is 7.89. The number of hydrogen-bond donors (Lipinski definition) is 2. The van der Waals surface area contributed by atoms with Gasteiger partial charge in [-0.3, -0.25) is 9.59 Å². The predicted molar refractivity (Wildman–Crippen MR) is 151 cm³/mol. The van der Waals surface area contributed by atoms with Crippen LogP contribution in [0.3, 0.4) is 0 Å². The Morgan fingerprint density at radius 2 is 1.60 bits per heavy atom. The number of rotatable bonds is 15. The van der Waals surface area contributed by atoms with E-state index in [0.29, 0.717) is 37.1 Å². The third kappa shape index (κ3) is 8.97. The van der Waals surface area contributed by atoms with Gasteiger partial charge in [-0.1, -0.05) is 61.5 Å². The van der Waals surface area contributed by atoms with Gasteiger partial charge in [-0.25, -0.2) is 17.5 Å². The monoisotopic (exact) mass is 569 g/mol. The first-order valence-electron chi connectivity index (χ1n) is 13.2. The quantitative estimate of drug-likeness (QED) is 0.270. The van der Waals surface area contributed by atoms with Crippen molar-refractivity contribution in [1.29, 1.82) is 0 Å². The van der Waals surface area contributed by atoms with E-state index in [0.717, 1.165) is 5.56 Å². The highest BCUT2D eigenvalue weighted by atomic mass is 32.2. The summed E-state index contributed by atoms with van der Waals surface area (Å²) in [4.78, 5) is 28.9. The van der Waals surface area contributed by atoms with Crippen LogP contribution in [0, 0.1) is 5.82 Å². The van der Waals surface area contributed by atoms with Gasteiger partial charge in [0.15, 0.2) is 0 Å². The van der Waals surface area contributed by atoms with Gasteiger partial charge in [0.2, 0.25) is 21.8 Å². The molecule has 0 unspecified atom stereocenters. The van der Waals surface area contributed by atoms with Crippen LogP contribution in [0.4, 0.5) is 4.39 Å². The molecule has 0 spiro atoms. The molecule has 0 aliphatic heterocycles. The number of carbonyl (C=O) groups is 2. The van der Waals surface area contributed by atoms with Crippen LogP contribution in [0.1, 0.15) is 42.5 Å². The van der Waals surface area contributed by atoms with Crippen molar-refractivity contribution in [3.63, 3.8) is 0 Å². The molecular weight excluding hydrogens is 533 g/mol. The third-order valence-electron chi connectivity index (χ3n) is 6.28. The first kappa shape index (κ1) is 30.9. The molecule has 1 atom stereocenters. The Morgan fingerprint density at radius 1 is 0.950 bits per heavy atom. The van der Waals surface area contributed by atoms with Gasteiger partial charge >= 0.3 is 0 Å². The van der Waals surface area contributed by atoms with Gasteiger partial charge in [0.05, 0.1) is 4.90 Å². The van der Waals surface area contributed by atoms with Crippen molar-refractivity contribution in [3.8, 4) is 0 Å². The zero-order valence-electron chi connectivity index (χ0n) is 22.8. The average molecular weight is 570 g/mol. The summed E-state index contributed by atoms with van der Waals surface area (Å²) < 4.78 is 45.6. The standard InChI is InChI=1S/C30H36FN3O5S/c1-3-33-40(37,38)27-17-12-23(13-18-27)14-19-28(35)34(22-24-10-15-26(31)16-11-24)29(25-8-5-4-6-9-25)30(36)32-20-7-21-39-2/h4-6,8-13,15-18,29,33H,3,7,14,19-22H2,1-2H3,(H,32,36)/t29-/m0/s1. The molecule has 0 aromatic heterocycles. The largest absolute Gasteiger partial charge is 0.385 e. The second kappa shape index (κ2) is 15.3.